The smallest absolute Gasteiger partial charge is 0.317 e. The van der Waals surface area contributed by atoms with Gasteiger partial charge < -0.3 is 19.6 Å². The van der Waals surface area contributed by atoms with Gasteiger partial charge in [-0.3, -0.25) is 0 Å². The molecule has 8 nitrogen and oxygen atoms in total. The molecule has 0 radical (unpaired) electrons. The number of nitrogens with zero attached hydrogens (tertiary/aromatic N) is 5. The van der Waals surface area contributed by atoms with Crippen LogP contribution in [0.15, 0.2) is 4.52 Å². The third-order valence-electron chi connectivity index (χ3n) is 5.17. The number of aryl methyl sites for hydroxylation is 2. The molecule has 2 aromatic rings. The summed E-state index contributed by atoms with van der Waals surface area (Å²) < 4.78 is 5.16. The number of carbonyl (C=O) groups is 1. The molecule has 1 aliphatic heterocycles. The van der Waals surface area contributed by atoms with Crippen LogP contribution in [0.4, 0.5) is 10.7 Å². The summed E-state index contributed by atoms with van der Waals surface area (Å²) in [6.45, 7) is 1.75. The Labute approximate surface area is 162 Å². The normalized spacial score (nSPS) is 19.6. The van der Waals surface area contributed by atoms with Gasteiger partial charge in [-0.2, -0.15) is 4.98 Å². The Morgan fingerprint density at radius 1 is 1.30 bits per heavy atom. The molecule has 27 heavy (non-hydrogen) atoms. The van der Waals surface area contributed by atoms with Gasteiger partial charge in [0.1, 0.15) is 0 Å². The number of thiazole rings is 1. The zero-order chi connectivity index (χ0) is 18.8. The van der Waals surface area contributed by atoms with Crippen LogP contribution in [0.2, 0.25) is 0 Å². The highest BCUT2D eigenvalue weighted by Crippen LogP contribution is 2.34. The fraction of sp³-hybridized carbons (Fsp3) is 0.667. The van der Waals surface area contributed by atoms with Crippen molar-refractivity contribution >= 4 is 23.3 Å². The minimum atomic E-state index is -0.0781. The number of hydrogen-bond acceptors (Lipinski definition) is 7. The summed E-state index contributed by atoms with van der Waals surface area (Å²) in [5, 5.41) is 7.97. The maximum atomic E-state index is 12.6. The lowest BCUT2D eigenvalue weighted by atomic mass is 9.98. The number of nitrogens with one attached hydrogen (secondary N) is 1. The van der Waals surface area contributed by atoms with Crippen molar-refractivity contribution in [2.24, 2.45) is 0 Å². The predicted octanol–water partition coefficient (Wildman–Crippen LogP) is 2.56. The van der Waals surface area contributed by atoms with Crippen molar-refractivity contribution in [2.75, 3.05) is 32.1 Å². The highest BCUT2D eigenvalue weighted by molar-refractivity contribution is 7.11. The van der Waals surface area contributed by atoms with Crippen molar-refractivity contribution in [3.05, 3.63) is 21.5 Å². The van der Waals surface area contributed by atoms with Crippen molar-refractivity contribution in [1.29, 1.82) is 0 Å². The first-order chi connectivity index (χ1) is 13.1. The van der Waals surface area contributed by atoms with Crippen molar-refractivity contribution in [3.63, 3.8) is 0 Å². The first-order valence-corrected chi connectivity index (χ1v) is 10.4. The lowest BCUT2D eigenvalue weighted by molar-refractivity contribution is 0.177. The van der Waals surface area contributed by atoms with E-state index in [1.54, 1.807) is 4.90 Å². The van der Waals surface area contributed by atoms with Crippen LogP contribution < -0.4 is 10.2 Å². The number of hydrogen-bond donors (Lipinski definition) is 1. The molecular formula is C18H26N6O2S. The van der Waals surface area contributed by atoms with Crippen LogP contribution in [0.1, 0.15) is 53.1 Å². The van der Waals surface area contributed by atoms with Gasteiger partial charge in [0.2, 0.25) is 5.89 Å². The standard InChI is InChI=1S/C18H26N6O2S/c1-23(2)17-21-15(26-22-17)10-19-18(25)24-9-5-6-12(11-24)16-20-13-7-3-4-8-14(13)27-16/h12H,3-11H2,1-2H3,(H,19,25)/t12-/m0/s1. The van der Waals surface area contributed by atoms with E-state index in [2.05, 4.69) is 15.5 Å². The average molecular weight is 391 g/mol. The van der Waals surface area contributed by atoms with Crippen LogP contribution in [0.5, 0.6) is 0 Å². The number of urea groups is 1. The van der Waals surface area contributed by atoms with E-state index in [9.17, 15) is 4.79 Å². The molecule has 0 saturated carbocycles. The largest absolute Gasteiger partial charge is 0.344 e. The summed E-state index contributed by atoms with van der Waals surface area (Å²) in [5.41, 5.74) is 1.30. The van der Waals surface area contributed by atoms with E-state index in [0.29, 0.717) is 17.8 Å². The zero-order valence-corrected chi connectivity index (χ0v) is 16.7. The Bertz CT molecular complexity index is 778. The number of amides is 2. The predicted molar refractivity (Wildman–Crippen MR) is 103 cm³/mol. The molecule has 146 valence electrons. The fourth-order valence-corrected chi connectivity index (χ4v) is 4.95. The molecule has 1 N–H and O–H groups in total. The van der Waals surface area contributed by atoms with E-state index < -0.39 is 0 Å². The third-order valence-corrected chi connectivity index (χ3v) is 6.49. The quantitative estimate of drug-likeness (QED) is 0.863. The second-order valence-corrected chi connectivity index (χ2v) is 8.57. The highest BCUT2D eigenvalue weighted by Gasteiger charge is 2.28. The van der Waals surface area contributed by atoms with Gasteiger partial charge in [-0.25, -0.2) is 9.78 Å². The molecule has 3 heterocycles. The van der Waals surface area contributed by atoms with Crippen LogP contribution >= 0.6 is 11.3 Å². The molecule has 2 aliphatic rings. The summed E-state index contributed by atoms with van der Waals surface area (Å²) in [4.78, 5) is 26.8. The second kappa shape index (κ2) is 7.84. The number of piperidine rings is 1. The first kappa shape index (κ1) is 18.2. The van der Waals surface area contributed by atoms with Crippen molar-refractivity contribution in [3.8, 4) is 0 Å². The molecule has 0 unspecified atom stereocenters. The van der Waals surface area contributed by atoms with Gasteiger partial charge in [0, 0.05) is 38.0 Å². The van der Waals surface area contributed by atoms with E-state index in [1.807, 2.05) is 30.3 Å². The minimum Gasteiger partial charge on any atom is -0.344 e. The molecule has 0 spiro atoms. The van der Waals surface area contributed by atoms with Gasteiger partial charge in [-0.1, -0.05) is 0 Å². The number of likely N-dealkylation sites (tertiary alicyclic amines) is 1. The zero-order valence-electron chi connectivity index (χ0n) is 15.9. The van der Waals surface area contributed by atoms with Gasteiger partial charge >= 0.3 is 6.03 Å². The van der Waals surface area contributed by atoms with Gasteiger partial charge in [0.15, 0.2) is 0 Å². The molecule has 2 amide bonds. The number of carbonyl (C=O) groups excluding carboxylic acids is 1. The lowest BCUT2D eigenvalue weighted by Gasteiger charge is -2.31. The fourth-order valence-electron chi connectivity index (χ4n) is 3.67. The van der Waals surface area contributed by atoms with Crippen LogP contribution in [-0.4, -0.2) is 53.2 Å². The van der Waals surface area contributed by atoms with Gasteiger partial charge in [0.05, 0.1) is 17.2 Å². The second-order valence-electron chi connectivity index (χ2n) is 7.46. The molecular weight excluding hydrogens is 364 g/mol. The molecule has 4 rings (SSSR count). The molecule has 0 bridgehead atoms. The summed E-state index contributed by atoms with van der Waals surface area (Å²) in [5.74, 6) is 1.27. The maximum Gasteiger partial charge on any atom is 0.317 e. The van der Waals surface area contributed by atoms with E-state index in [1.165, 1.54) is 34.8 Å². The number of anilines is 1. The monoisotopic (exact) mass is 390 g/mol. The van der Waals surface area contributed by atoms with Gasteiger partial charge in [-0.15, -0.1) is 11.3 Å². The van der Waals surface area contributed by atoms with E-state index in [-0.39, 0.29) is 12.6 Å². The molecule has 1 fully saturated rings. The summed E-state index contributed by atoms with van der Waals surface area (Å²) in [6.07, 6.45) is 6.92. The van der Waals surface area contributed by atoms with E-state index >= 15 is 0 Å². The lowest BCUT2D eigenvalue weighted by Crippen LogP contribution is -2.44. The van der Waals surface area contributed by atoms with Crippen molar-refractivity contribution < 1.29 is 9.32 Å². The number of aromatic nitrogens is 3. The van der Waals surface area contributed by atoms with Crippen molar-refractivity contribution in [1.82, 2.24) is 25.3 Å². The Kier molecular flexibility index (Phi) is 5.29. The van der Waals surface area contributed by atoms with Crippen molar-refractivity contribution in [2.45, 2.75) is 51.0 Å². The first-order valence-electron chi connectivity index (χ1n) is 9.61. The highest BCUT2D eigenvalue weighted by atomic mass is 32.1. The molecule has 9 heteroatoms. The summed E-state index contributed by atoms with van der Waals surface area (Å²) in [6, 6.07) is -0.0781. The molecule has 2 aromatic heterocycles. The SMILES string of the molecule is CN(C)c1noc(CNC(=O)N2CCC[C@H](c3nc4c(s3)CCCC4)C2)n1. The summed E-state index contributed by atoms with van der Waals surface area (Å²) in [7, 11) is 3.69. The summed E-state index contributed by atoms with van der Waals surface area (Å²) >= 11 is 1.86. The third kappa shape index (κ3) is 4.07. The Morgan fingerprint density at radius 2 is 2.15 bits per heavy atom. The average Bonchev–Trinajstić information content (AvgIpc) is 3.33. The molecule has 0 aromatic carbocycles. The van der Waals surface area contributed by atoms with Crippen LogP contribution in [-0.2, 0) is 19.4 Å². The number of fused-ring (bicyclic) bond motifs is 1. The Hall–Kier alpha value is -2.16. The Morgan fingerprint density at radius 3 is 2.93 bits per heavy atom. The number of rotatable bonds is 4. The molecule has 1 atom stereocenters. The van der Waals surface area contributed by atoms with E-state index in [0.717, 1.165) is 32.4 Å². The molecule has 1 saturated heterocycles. The Balaban J connectivity index is 1.34. The van der Waals surface area contributed by atoms with Crippen LogP contribution in [0, 0.1) is 0 Å². The minimum absolute atomic E-state index is 0.0781. The van der Waals surface area contributed by atoms with Crippen LogP contribution in [0.3, 0.4) is 0 Å². The topological polar surface area (TPSA) is 87.4 Å². The maximum absolute atomic E-state index is 12.6. The van der Waals surface area contributed by atoms with Gasteiger partial charge in [-0.05, 0) is 43.7 Å². The van der Waals surface area contributed by atoms with Gasteiger partial charge in [0.25, 0.3) is 5.95 Å². The molecule has 1 aliphatic carbocycles. The van der Waals surface area contributed by atoms with E-state index in [4.69, 9.17) is 9.51 Å². The van der Waals surface area contributed by atoms with Crippen LogP contribution in [0.25, 0.3) is 0 Å².